The quantitative estimate of drug-likeness (QED) is 0.722. The van der Waals surface area contributed by atoms with E-state index in [9.17, 15) is 9.90 Å². The third-order valence-electron chi connectivity index (χ3n) is 2.91. The highest BCUT2D eigenvalue weighted by Gasteiger charge is 2.06. The smallest absolute Gasteiger partial charge is 0.109 e. The van der Waals surface area contributed by atoms with Gasteiger partial charge in [-0.05, 0) is 31.4 Å². The molecule has 0 fully saturated rings. The second-order valence-corrected chi connectivity index (χ2v) is 4.15. The van der Waals surface area contributed by atoms with Gasteiger partial charge in [0.2, 0.25) is 0 Å². The minimum Gasteiger partial charge on any atom is -0.550 e. The Hall–Kier alpha value is -1.84. The number of rotatable bonds is 5. The summed E-state index contributed by atoms with van der Waals surface area (Å²) < 4.78 is 2.06. The van der Waals surface area contributed by atoms with Crippen molar-refractivity contribution >= 4 is 17.0 Å². The lowest BCUT2D eigenvalue weighted by molar-refractivity contribution is -0.305. The molecule has 4 nitrogen and oxygen atoms in total. The van der Waals surface area contributed by atoms with Gasteiger partial charge >= 0.3 is 0 Å². The zero-order chi connectivity index (χ0) is 12.3. The Bertz CT molecular complexity index is 531. The molecule has 0 radical (unpaired) electrons. The molecule has 0 saturated carbocycles. The van der Waals surface area contributed by atoms with Crippen LogP contribution in [0.25, 0.3) is 11.0 Å². The van der Waals surface area contributed by atoms with Crippen molar-refractivity contribution in [1.29, 1.82) is 0 Å². The lowest BCUT2D eigenvalue weighted by atomic mass is 10.2. The monoisotopic (exact) mass is 231 g/mol. The fourth-order valence-electron chi connectivity index (χ4n) is 1.97. The topological polar surface area (TPSA) is 58.0 Å². The van der Waals surface area contributed by atoms with Crippen LogP contribution in [0.2, 0.25) is 0 Å². The molecule has 0 aliphatic heterocycles. The van der Waals surface area contributed by atoms with E-state index in [2.05, 4.69) is 9.55 Å². The summed E-state index contributed by atoms with van der Waals surface area (Å²) in [7, 11) is 1.99. The molecule has 0 saturated heterocycles. The van der Waals surface area contributed by atoms with Gasteiger partial charge in [-0.2, -0.15) is 0 Å². The van der Waals surface area contributed by atoms with E-state index in [-0.39, 0.29) is 6.42 Å². The molecule has 0 unspecified atom stereocenters. The molecule has 2 rings (SSSR count). The van der Waals surface area contributed by atoms with Gasteiger partial charge in [0.05, 0.1) is 11.0 Å². The number of para-hydroxylation sites is 2. The molecule has 1 heterocycles. The fourth-order valence-corrected chi connectivity index (χ4v) is 1.97. The van der Waals surface area contributed by atoms with E-state index in [0.717, 1.165) is 29.7 Å². The molecule has 17 heavy (non-hydrogen) atoms. The summed E-state index contributed by atoms with van der Waals surface area (Å²) in [6.45, 7) is 0. The summed E-state index contributed by atoms with van der Waals surface area (Å²) in [6, 6.07) is 7.98. The molecule has 2 aromatic rings. The molecule has 1 aromatic heterocycles. The normalized spacial score (nSPS) is 10.9. The Morgan fingerprint density at radius 3 is 2.82 bits per heavy atom. The van der Waals surface area contributed by atoms with Crippen LogP contribution in [0.15, 0.2) is 24.3 Å². The van der Waals surface area contributed by atoms with Crippen molar-refractivity contribution in [1.82, 2.24) is 9.55 Å². The fraction of sp³-hybridized carbons (Fsp3) is 0.385. The molecule has 0 amide bonds. The molecule has 0 N–H and O–H groups in total. The number of carboxylic acids is 1. The van der Waals surface area contributed by atoms with Gasteiger partial charge in [0.25, 0.3) is 0 Å². The molecule has 0 spiro atoms. The minimum absolute atomic E-state index is 0.129. The van der Waals surface area contributed by atoms with E-state index >= 15 is 0 Å². The van der Waals surface area contributed by atoms with Gasteiger partial charge in [-0.15, -0.1) is 0 Å². The SMILES string of the molecule is Cn1c(CCCCC(=O)[O-])nc2ccccc21. The van der Waals surface area contributed by atoms with Crippen LogP contribution in [-0.2, 0) is 18.3 Å². The Morgan fingerprint density at radius 1 is 1.35 bits per heavy atom. The summed E-state index contributed by atoms with van der Waals surface area (Å²) in [6.07, 6.45) is 2.40. The van der Waals surface area contributed by atoms with E-state index in [1.807, 2.05) is 31.3 Å². The third-order valence-corrected chi connectivity index (χ3v) is 2.91. The number of benzene rings is 1. The summed E-state index contributed by atoms with van der Waals surface area (Å²) in [5, 5.41) is 10.3. The number of hydrogen-bond donors (Lipinski definition) is 0. The zero-order valence-corrected chi connectivity index (χ0v) is 9.85. The van der Waals surface area contributed by atoms with E-state index in [1.165, 1.54) is 0 Å². The van der Waals surface area contributed by atoms with Gasteiger partial charge in [0.15, 0.2) is 0 Å². The predicted octanol–water partition coefficient (Wildman–Crippen LogP) is 1.04. The van der Waals surface area contributed by atoms with Crippen LogP contribution >= 0.6 is 0 Å². The first-order chi connectivity index (χ1) is 8.18. The zero-order valence-electron chi connectivity index (χ0n) is 9.85. The van der Waals surface area contributed by atoms with Gasteiger partial charge in [-0.1, -0.05) is 12.1 Å². The molecule has 4 heteroatoms. The molecule has 0 atom stereocenters. The molecular formula is C13H15N2O2-. The maximum atomic E-state index is 10.3. The van der Waals surface area contributed by atoms with Crippen molar-refractivity contribution in [3.8, 4) is 0 Å². The number of hydrogen-bond acceptors (Lipinski definition) is 3. The number of carbonyl (C=O) groups is 1. The Balaban J connectivity index is 2.04. The van der Waals surface area contributed by atoms with Crippen LogP contribution in [0.4, 0.5) is 0 Å². The number of aliphatic carboxylic acids is 1. The van der Waals surface area contributed by atoms with Gasteiger partial charge in [-0.25, -0.2) is 4.98 Å². The van der Waals surface area contributed by atoms with E-state index < -0.39 is 5.97 Å². The Morgan fingerprint density at radius 2 is 2.12 bits per heavy atom. The predicted molar refractivity (Wildman–Crippen MR) is 63.3 cm³/mol. The molecule has 1 aromatic carbocycles. The van der Waals surface area contributed by atoms with Crippen molar-refractivity contribution in [2.24, 2.45) is 7.05 Å². The molecule has 0 aliphatic rings. The number of aryl methyl sites for hydroxylation is 2. The van der Waals surface area contributed by atoms with Gasteiger partial charge in [0, 0.05) is 19.4 Å². The summed E-state index contributed by atoms with van der Waals surface area (Å²) >= 11 is 0. The maximum absolute atomic E-state index is 10.3. The Kier molecular flexibility index (Phi) is 3.42. The summed E-state index contributed by atoms with van der Waals surface area (Å²) in [5.74, 6) is 0.0274. The van der Waals surface area contributed by atoms with Crippen molar-refractivity contribution in [2.75, 3.05) is 0 Å². The first-order valence-electron chi connectivity index (χ1n) is 5.78. The average molecular weight is 231 g/mol. The lowest BCUT2D eigenvalue weighted by Gasteiger charge is -2.03. The number of fused-ring (bicyclic) bond motifs is 1. The third kappa shape index (κ3) is 2.64. The van der Waals surface area contributed by atoms with E-state index in [4.69, 9.17) is 0 Å². The average Bonchev–Trinajstić information content (AvgIpc) is 2.63. The number of imidazole rings is 1. The molecule has 0 aliphatic carbocycles. The van der Waals surface area contributed by atoms with Crippen LogP contribution in [0.5, 0.6) is 0 Å². The first-order valence-corrected chi connectivity index (χ1v) is 5.78. The number of nitrogens with zero attached hydrogens (tertiary/aromatic N) is 2. The highest BCUT2D eigenvalue weighted by atomic mass is 16.4. The van der Waals surface area contributed by atoms with Crippen molar-refractivity contribution in [3.05, 3.63) is 30.1 Å². The van der Waals surface area contributed by atoms with E-state index in [0.29, 0.717) is 6.42 Å². The van der Waals surface area contributed by atoms with Crippen molar-refractivity contribution in [3.63, 3.8) is 0 Å². The number of aromatic nitrogens is 2. The summed E-state index contributed by atoms with van der Waals surface area (Å²) in [5.41, 5.74) is 2.10. The van der Waals surface area contributed by atoms with Gasteiger partial charge in [-0.3, -0.25) is 0 Å². The lowest BCUT2D eigenvalue weighted by Crippen LogP contribution is -2.21. The van der Waals surface area contributed by atoms with Gasteiger partial charge in [0.1, 0.15) is 5.82 Å². The van der Waals surface area contributed by atoms with Crippen molar-refractivity contribution in [2.45, 2.75) is 25.7 Å². The molecular weight excluding hydrogens is 216 g/mol. The highest BCUT2D eigenvalue weighted by molar-refractivity contribution is 5.75. The summed E-state index contributed by atoms with van der Waals surface area (Å²) in [4.78, 5) is 14.8. The van der Waals surface area contributed by atoms with Crippen LogP contribution in [0.3, 0.4) is 0 Å². The standard InChI is InChI=1S/C13H16N2O2/c1-15-11-7-3-2-6-10(11)14-12(15)8-4-5-9-13(16)17/h2-3,6-7H,4-5,8-9H2,1H3,(H,16,17)/p-1. The first kappa shape index (κ1) is 11.6. The van der Waals surface area contributed by atoms with Crippen LogP contribution < -0.4 is 5.11 Å². The number of carbonyl (C=O) groups excluding carboxylic acids is 1. The molecule has 90 valence electrons. The van der Waals surface area contributed by atoms with Crippen LogP contribution in [-0.4, -0.2) is 15.5 Å². The molecule has 0 bridgehead atoms. The highest BCUT2D eigenvalue weighted by Crippen LogP contribution is 2.15. The Labute approximate surface area is 99.9 Å². The largest absolute Gasteiger partial charge is 0.550 e. The second-order valence-electron chi connectivity index (χ2n) is 4.15. The minimum atomic E-state index is -0.977. The van der Waals surface area contributed by atoms with Crippen LogP contribution in [0, 0.1) is 0 Å². The number of carboxylic acid groups (broad SMARTS) is 1. The second kappa shape index (κ2) is 4.99. The van der Waals surface area contributed by atoms with Crippen LogP contribution in [0.1, 0.15) is 25.1 Å². The van der Waals surface area contributed by atoms with Gasteiger partial charge < -0.3 is 14.5 Å². The number of unbranched alkanes of at least 4 members (excludes halogenated alkanes) is 1. The van der Waals surface area contributed by atoms with Crippen molar-refractivity contribution < 1.29 is 9.90 Å². The van der Waals surface area contributed by atoms with E-state index in [1.54, 1.807) is 0 Å². The maximum Gasteiger partial charge on any atom is 0.109 e.